The summed E-state index contributed by atoms with van der Waals surface area (Å²) < 4.78 is 41.0. The summed E-state index contributed by atoms with van der Waals surface area (Å²) in [5, 5.41) is 10.7. The molecule has 0 saturated heterocycles. The van der Waals surface area contributed by atoms with Crippen LogP contribution >= 0.6 is 0 Å². The van der Waals surface area contributed by atoms with Crippen molar-refractivity contribution < 1.29 is 32.6 Å². The first-order valence-corrected chi connectivity index (χ1v) is 4.43. The van der Waals surface area contributed by atoms with Crippen molar-refractivity contribution in [3.8, 4) is 0 Å². The minimum atomic E-state index is -4.94. The van der Waals surface area contributed by atoms with Gasteiger partial charge in [-0.15, -0.1) is 0 Å². The van der Waals surface area contributed by atoms with E-state index in [0.29, 0.717) is 6.92 Å². The molecule has 2 unspecified atom stereocenters. The molecule has 0 aliphatic heterocycles. The van der Waals surface area contributed by atoms with Crippen molar-refractivity contribution in [2.45, 2.75) is 24.7 Å². The summed E-state index contributed by atoms with van der Waals surface area (Å²) in [4.78, 5) is 21.8. The second-order valence-corrected chi connectivity index (χ2v) is 3.45. The van der Waals surface area contributed by atoms with Crippen LogP contribution in [0.4, 0.5) is 13.2 Å². The average Bonchev–Trinajstić information content (AvgIpc) is 2.22. The van der Waals surface area contributed by atoms with E-state index in [4.69, 9.17) is 10.8 Å². The lowest BCUT2D eigenvalue weighted by molar-refractivity contribution is -0.187. The average molecular weight is 258 g/mol. The number of hydrogen-bond acceptors (Lipinski definition) is 5. The maximum Gasteiger partial charge on any atom is 0.415 e. The summed E-state index contributed by atoms with van der Waals surface area (Å²) in [5.41, 5.74) is 1.70. The third-order valence-corrected chi connectivity index (χ3v) is 1.99. The van der Waals surface area contributed by atoms with E-state index < -0.39 is 36.2 Å². The molecule has 0 aromatic heterocycles. The molecule has 0 radical (unpaired) electrons. The quantitative estimate of drug-likeness (QED) is 0.556. The third kappa shape index (κ3) is 3.86. The van der Waals surface area contributed by atoms with E-state index >= 15 is 0 Å². The lowest BCUT2D eigenvalue weighted by Crippen LogP contribution is -2.62. The fourth-order valence-corrected chi connectivity index (χ4v) is 0.721. The molecule has 0 heterocycles. The first kappa shape index (κ1) is 15.7. The van der Waals surface area contributed by atoms with Gasteiger partial charge in [0, 0.05) is 0 Å². The van der Waals surface area contributed by atoms with Crippen LogP contribution in [0.5, 0.6) is 0 Å². The van der Waals surface area contributed by atoms with Gasteiger partial charge >= 0.3 is 12.1 Å². The van der Waals surface area contributed by atoms with Crippen molar-refractivity contribution in [2.24, 2.45) is 5.73 Å². The van der Waals surface area contributed by atoms with Gasteiger partial charge in [0.15, 0.2) is 11.6 Å². The summed E-state index contributed by atoms with van der Waals surface area (Å²) in [6.07, 6.45) is -6.68. The van der Waals surface area contributed by atoms with E-state index in [1.54, 1.807) is 5.32 Å². The Morgan fingerprint density at radius 2 is 1.94 bits per heavy atom. The molecule has 2 atom stereocenters. The van der Waals surface area contributed by atoms with Gasteiger partial charge in [0.05, 0.1) is 13.7 Å². The first-order chi connectivity index (χ1) is 7.54. The fourth-order valence-electron chi connectivity index (χ4n) is 0.721. The van der Waals surface area contributed by atoms with Crippen LogP contribution in [0.2, 0.25) is 0 Å². The molecule has 9 heteroatoms. The number of carbonyl (C=O) groups is 2. The van der Waals surface area contributed by atoms with Crippen LogP contribution in [0.15, 0.2) is 0 Å². The smallest absolute Gasteiger partial charge is 0.415 e. The number of aliphatic hydroxyl groups excluding tert-OH is 1. The number of nitrogens with one attached hydrogen (secondary N) is 1. The van der Waals surface area contributed by atoms with Crippen LogP contribution in [0.25, 0.3) is 0 Å². The predicted octanol–water partition coefficient (Wildman–Crippen LogP) is -1.08. The maximum atomic E-state index is 12.3. The van der Waals surface area contributed by atoms with Gasteiger partial charge in [-0.2, -0.15) is 13.2 Å². The highest BCUT2D eigenvalue weighted by molar-refractivity contribution is 5.87. The normalized spacial score (nSPS) is 16.9. The zero-order valence-electron chi connectivity index (χ0n) is 9.17. The Morgan fingerprint density at radius 3 is 2.29 bits per heavy atom. The Morgan fingerprint density at radius 1 is 1.47 bits per heavy atom. The monoisotopic (exact) mass is 258 g/mol. The lowest BCUT2D eigenvalue weighted by atomic mass is 10.0. The molecule has 0 fully saturated rings. The molecule has 0 rings (SSSR count). The van der Waals surface area contributed by atoms with Gasteiger partial charge in [-0.3, -0.25) is 4.79 Å². The molecule has 0 aliphatic carbocycles. The first-order valence-electron chi connectivity index (χ1n) is 4.43. The van der Waals surface area contributed by atoms with E-state index in [-0.39, 0.29) is 0 Å². The van der Waals surface area contributed by atoms with Crippen molar-refractivity contribution in [2.75, 3.05) is 13.7 Å². The second kappa shape index (κ2) is 5.32. The highest BCUT2D eigenvalue weighted by Gasteiger charge is 2.53. The predicted molar refractivity (Wildman–Crippen MR) is 49.7 cm³/mol. The molecular weight excluding hydrogens is 245 g/mol. The van der Waals surface area contributed by atoms with Crippen molar-refractivity contribution in [1.82, 2.24) is 5.32 Å². The fraction of sp³-hybridized carbons (Fsp3) is 0.750. The molecule has 0 aromatic carbocycles. The number of alkyl halides is 3. The summed E-state index contributed by atoms with van der Waals surface area (Å²) in [5.74, 6) is -2.62. The highest BCUT2D eigenvalue weighted by atomic mass is 19.4. The number of carbonyl (C=O) groups excluding carboxylic acids is 2. The molecule has 100 valence electrons. The van der Waals surface area contributed by atoms with Gasteiger partial charge in [-0.05, 0) is 6.92 Å². The van der Waals surface area contributed by atoms with Gasteiger partial charge < -0.3 is 20.9 Å². The number of aliphatic hydroxyl groups is 1. The maximum absolute atomic E-state index is 12.3. The topological polar surface area (TPSA) is 102 Å². The van der Waals surface area contributed by atoms with E-state index in [1.807, 2.05) is 0 Å². The van der Waals surface area contributed by atoms with Gasteiger partial charge in [0.1, 0.15) is 0 Å². The zero-order chi connectivity index (χ0) is 13.9. The molecular formula is C8H13F3N2O4. The number of halogens is 3. The van der Waals surface area contributed by atoms with E-state index in [0.717, 1.165) is 7.11 Å². The minimum absolute atomic E-state index is 0.479. The summed E-state index contributed by atoms with van der Waals surface area (Å²) in [6, 6.07) is 0. The number of hydrogen-bond donors (Lipinski definition) is 3. The second-order valence-electron chi connectivity index (χ2n) is 3.45. The van der Waals surface area contributed by atoms with Gasteiger partial charge in [0.25, 0.3) is 0 Å². The third-order valence-electron chi connectivity index (χ3n) is 1.99. The SMILES string of the molecule is COC(=O)C(O)CNC(=O)C(C)(N)C(F)(F)F. The molecule has 6 nitrogen and oxygen atoms in total. The summed E-state index contributed by atoms with van der Waals surface area (Å²) in [6.45, 7) is -0.235. The number of ether oxygens (including phenoxy) is 1. The van der Waals surface area contributed by atoms with Crippen LogP contribution in [-0.4, -0.2) is 48.5 Å². The van der Waals surface area contributed by atoms with Crippen molar-refractivity contribution in [3.63, 3.8) is 0 Å². The Hall–Kier alpha value is -1.35. The summed E-state index contributed by atoms with van der Waals surface area (Å²) >= 11 is 0. The van der Waals surface area contributed by atoms with Crippen LogP contribution < -0.4 is 11.1 Å². The largest absolute Gasteiger partial charge is 0.467 e. The number of amides is 1. The Kier molecular flexibility index (Phi) is 4.90. The molecule has 0 bridgehead atoms. The van der Waals surface area contributed by atoms with Crippen LogP contribution in [0.1, 0.15) is 6.92 Å². The number of esters is 1. The molecule has 1 amide bonds. The molecule has 0 aromatic rings. The lowest BCUT2D eigenvalue weighted by Gasteiger charge is -2.26. The zero-order valence-corrected chi connectivity index (χ0v) is 9.17. The Bertz CT molecular complexity index is 304. The summed E-state index contributed by atoms with van der Waals surface area (Å²) in [7, 11) is 0.982. The molecule has 0 aliphatic rings. The minimum Gasteiger partial charge on any atom is -0.467 e. The van der Waals surface area contributed by atoms with Crippen LogP contribution in [0.3, 0.4) is 0 Å². The van der Waals surface area contributed by atoms with Crippen molar-refractivity contribution in [3.05, 3.63) is 0 Å². The molecule has 0 saturated carbocycles. The molecule has 17 heavy (non-hydrogen) atoms. The van der Waals surface area contributed by atoms with Crippen LogP contribution in [0, 0.1) is 0 Å². The number of methoxy groups -OCH3 is 1. The van der Waals surface area contributed by atoms with E-state index in [1.165, 1.54) is 0 Å². The van der Waals surface area contributed by atoms with E-state index in [9.17, 15) is 22.8 Å². The van der Waals surface area contributed by atoms with E-state index in [2.05, 4.69) is 4.74 Å². The van der Waals surface area contributed by atoms with Crippen molar-refractivity contribution in [1.29, 1.82) is 0 Å². The Labute approximate surface area is 94.9 Å². The van der Waals surface area contributed by atoms with Gasteiger partial charge in [-0.1, -0.05) is 0 Å². The number of rotatable bonds is 4. The Balaban J connectivity index is 4.43. The van der Waals surface area contributed by atoms with Crippen LogP contribution in [-0.2, 0) is 14.3 Å². The highest BCUT2D eigenvalue weighted by Crippen LogP contribution is 2.27. The van der Waals surface area contributed by atoms with Gasteiger partial charge in [-0.25, -0.2) is 4.79 Å². The van der Waals surface area contributed by atoms with Crippen molar-refractivity contribution >= 4 is 11.9 Å². The standard InChI is InChI=1S/C8H13F3N2O4/c1-7(12,8(9,10)11)6(16)13-3-4(14)5(15)17-2/h4,14H,3,12H2,1-2H3,(H,13,16). The number of nitrogens with two attached hydrogens (primary N) is 1. The molecule has 4 N–H and O–H groups in total. The molecule has 0 spiro atoms. The van der Waals surface area contributed by atoms with Gasteiger partial charge in [0.2, 0.25) is 5.91 Å².